The molecule has 1 unspecified atom stereocenters. The number of amides is 1. The second-order valence-corrected chi connectivity index (χ2v) is 8.29. The molecule has 0 aliphatic carbocycles. The van der Waals surface area contributed by atoms with Crippen LogP contribution in [-0.4, -0.2) is 64.5 Å². The molecule has 4 rings (SSSR count). The number of fused-ring (bicyclic) bond motifs is 1. The predicted octanol–water partition coefficient (Wildman–Crippen LogP) is 3.48. The average Bonchev–Trinajstić information content (AvgIpc) is 3.44. The topological polar surface area (TPSA) is 122 Å². The number of non-ortho nitro benzene ring substituents is 1. The van der Waals surface area contributed by atoms with Crippen LogP contribution in [0.25, 0.3) is 5.76 Å². The maximum Gasteiger partial charge on any atom is 0.295 e. The summed E-state index contributed by atoms with van der Waals surface area (Å²) in [5.41, 5.74) is 0.635. The number of ether oxygens (including phenoxy) is 2. The van der Waals surface area contributed by atoms with E-state index < -0.39 is 22.7 Å². The third-order valence-electron chi connectivity index (χ3n) is 6.37. The number of ketones is 1. The number of nitro groups is 1. The van der Waals surface area contributed by atoms with Gasteiger partial charge in [-0.2, -0.15) is 0 Å². The number of nitro benzene ring substituents is 1. The highest BCUT2D eigenvalue weighted by Crippen LogP contribution is 2.41. The number of Topliss-reactive ketones (excluding diaryl/α,β-unsaturated/α-hetero) is 1. The van der Waals surface area contributed by atoms with Crippen molar-refractivity contribution < 1.29 is 29.1 Å². The number of aliphatic hydroxyl groups is 1. The first-order valence-electron chi connectivity index (χ1n) is 11.5. The van der Waals surface area contributed by atoms with Crippen molar-refractivity contribution in [3.05, 3.63) is 69.3 Å². The van der Waals surface area contributed by atoms with Crippen molar-refractivity contribution in [1.29, 1.82) is 0 Å². The van der Waals surface area contributed by atoms with E-state index in [0.717, 1.165) is 19.6 Å². The van der Waals surface area contributed by atoms with E-state index in [1.165, 1.54) is 29.2 Å². The van der Waals surface area contributed by atoms with Gasteiger partial charge in [-0.15, -0.1) is 0 Å². The minimum atomic E-state index is -0.877. The lowest BCUT2D eigenvalue weighted by molar-refractivity contribution is -0.384. The first-order valence-corrected chi connectivity index (χ1v) is 11.5. The Labute approximate surface area is 202 Å². The minimum absolute atomic E-state index is 0.0548. The van der Waals surface area contributed by atoms with Crippen LogP contribution in [0.4, 0.5) is 5.69 Å². The molecule has 0 bridgehead atoms. The van der Waals surface area contributed by atoms with E-state index in [1.54, 1.807) is 18.2 Å². The Morgan fingerprint density at radius 2 is 1.80 bits per heavy atom. The lowest BCUT2D eigenvalue weighted by Gasteiger charge is -2.26. The summed E-state index contributed by atoms with van der Waals surface area (Å²) in [7, 11) is 0. The minimum Gasteiger partial charge on any atom is -0.507 e. The summed E-state index contributed by atoms with van der Waals surface area (Å²) in [5, 5.41) is 22.3. The van der Waals surface area contributed by atoms with E-state index in [2.05, 4.69) is 18.7 Å². The Bertz CT molecular complexity index is 1170. The zero-order chi connectivity index (χ0) is 25.1. The second kappa shape index (κ2) is 10.1. The van der Waals surface area contributed by atoms with Gasteiger partial charge >= 0.3 is 0 Å². The van der Waals surface area contributed by atoms with Gasteiger partial charge in [0, 0.05) is 24.2 Å². The highest BCUT2D eigenvalue weighted by Gasteiger charge is 2.46. The quantitative estimate of drug-likeness (QED) is 0.190. The number of likely N-dealkylation sites (tertiary alicyclic amines) is 1. The van der Waals surface area contributed by atoms with Crippen LogP contribution >= 0.6 is 0 Å². The number of hydrogen-bond acceptors (Lipinski definition) is 8. The van der Waals surface area contributed by atoms with Gasteiger partial charge in [-0.1, -0.05) is 13.8 Å². The molecule has 0 aromatic heterocycles. The summed E-state index contributed by atoms with van der Waals surface area (Å²) in [5.74, 6) is -0.905. The molecule has 2 aromatic carbocycles. The molecule has 1 atom stereocenters. The molecule has 10 heteroatoms. The molecule has 0 radical (unpaired) electrons. The molecule has 10 nitrogen and oxygen atoms in total. The number of carbonyl (C=O) groups is 2. The third-order valence-corrected chi connectivity index (χ3v) is 6.37. The van der Waals surface area contributed by atoms with Gasteiger partial charge < -0.3 is 24.4 Å². The molecule has 0 saturated carbocycles. The molecule has 1 saturated heterocycles. The first kappa shape index (κ1) is 24.2. The Balaban J connectivity index is 1.74. The van der Waals surface area contributed by atoms with Gasteiger partial charge in [0.2, 0.25) is 6.79 Å². The van der Waals surface area contributed by atoms with E-state index in [-0.39, 0.29) is 23.8 Å². The fourth-order valence-corrected chi connectivity index (χ4v) is 4.44. The lowest BCUT2D eigenvalue weighted by Crippen LogP contribution is -2.33. The Morgan fingerprint density at radius 1 is 1.11 bits per heavy atom. The van der Waals surface area contributed by atoms with Crippen molar-refractivity contribution in [3.63, 3.8) is 0 Å². The van der Waals surface area contributed by atoms with Gasteiger partial charge in [0.15, 0.2) is 11.5 Å². The highest BCUT2D eigenvalue weighted by molar-refractivity contribution is 6.46. The SMILES string of the molecule is CCN(CC)CCCN1C(=O)C(=O)/C(=C(/O)c2ccc3c(c2)OCO3)C1c1ccc([N+](=O)[O-])cc1. The zero-order valence-electron chi connectivity index (χ0n) is 19.6. The van der Waals surface area contributed by atoms with Crippen molar-refractivity contribution >= 4 is 23.1 Å². The van der Waals surface area contributed by atoms with Crippen LogP contribution in [0.1, 0.15) is 37.4 Å². The lowest BCUT2D eigenvalue weighted by atomic mass is 9.95. The van der Waals surface area contributed by atoms with Crippen molar-refractivity contribution in [3.8, 4) is 11.5 Å². The molecule has 1 N–H and O–H groups in total. The summed E-state index contributed by atoms with van der Waals surface area (Å²) in [6.45, 7) is 6.93. The predicted molar refractivity (Wildman–Crippen MR) is 127 cm³/mol. The Kier molecular flexibility index (Phi) is 7.02. The molecule has 2 aromatic rings. The van der Waals surface area contributed by atoms with Gasteiger partial charge in [-0.05, 0) is 62.0 Å². The standard InChI is InChI=1S/C25H27N3O7/c1-3-26(4-2)12-5-13-27-22(16-6-9-18(10-7-16)28(32)33)21(24(30)25(27)31)23(29)17-8-11-19-20(14-17)35-15-34-19/h6-11,14,22,29H,3-5,12-13,15H2,1-2H3/b23-21+. The van der Waals surface area contributed by atoms with E-state index in [0.29, 0.717) is 35.6 Å². The van der Waals surface area contributed by atoms with Gasteiger partial charge in [-0.3, -0.25) is 19.7 Å². The fourth-order valence-electron chi connectivity index (χ4n) is 4.44. The molecule has 0 spiro atoms. The van der Waals surface area contributed by atoms with E-state index in [1.807, 2.05) is 0 Å². The third kappa shape index (κ3) is 4.69. The molecule has 2 aliphatic heterocycles. The van der Waals surface area contributed by atoms with Gasteiger partial charge in [0.25, 0.3) is 17.4 Å². The monoisotopic (exact) mass is 481 g/mol. The van der Waals surface area contributed by atoms with Crippen LogP contribution < -0.4 is 9.47 Å². The second-order valence-electron chi connectivity index (χ2n) is 8.29. The summed E-state index contributed by atoms with van der Waals surface area (Å²) in [6, 6.07) is 9.56. The molecule has 184 valence electrons. The van der Waals surface area contributed by atoms with Crippen LogP contribution in [0.15, 0.2) is 48.0 Å². The highest BCUT2D eigenvalue weighted by atomic mass is 16.7. The van der Waals surface area contributed by atoms with Crippen molar-refractivity contribution in [2.75, 3.05) is 33.0 Å². The summed E-state index contributed by atoms with van der Waals surface area (Å²) < 4.78 is 10.7. The number of rotatable bonds is 9. The molecule has 2 heterocycles. The van der Waals surface area contributed by atoms with Gasteiger partial charge in [0.1, 0.15) is 5.76 Å². The molecule has 1 fully saturated rings. The number of benzene rings is 2. The van der Waals surface area contributed by atoms with Crippen molar-refractivity contribution in [1.82, 2.24) is 9.80 Å². The summed E-state index contributed by atoms with van der Waals surface area (Å²) >= 11 is 0. The van der Waals surface area contributed by atoms with Crippen LogP contribution in [0.3, 0.4) is 0 Å². The summed E-state index contributed by atoms with van der Waals surface area (Å²) in [6.07, 6.45) is 0.627. The molecular formula is C25H27N3O7. The molecular weight excluding hydrogens is 454 g/mol. The van der Waals surface area contributed by atoms with Crippen LogP contribution in [-0.2, 0) is 9.59 Å². The van der Waals surface area contributed by atoms with Crippen LogP contribution in [0, 0.1) is 10.1 Å². The number of carbonyl (C=O) groups excluding carboxylic acids is 2. The Morgan fingerprint density at radius 3 is 2.46 bits per heavy atom. The maximum absolute atomic E-state index is 13.1. The molecule has 1 amide bonds. The van der Waals surface area contributed by atoms with E-state index in [4.69, 9.17) is 9.47 Å². The van der Waals surface area contributed by atoms with Gasteiger partial charge in [0.05, 0.1) is 16.5 Å². The van der Waals surface area contributed by atoms with E-state index in [9.17, 15) is 24.8 Å². The fraction of sp³-hybridized carbons (Fsp3) is 0.360. The summed E-state index contributed by atoms with van der Waals surface area (Å²) in [4.78, 5) is 40.5. The largest absolute Gasteiger partial charge is 0.507 e. The number of hydrogen-bond donors (Lipinski definition) is 1. The normalized spacial score (nSPS) is 18.5. The smallest absolute Gasteiger partial charge is 0.295 e. The van der Waals surface area contributed by atoms with Gasteiger partial charge in [-0.25, -0.2) is 0 Å². The molecule has 2 aliphatic rings. The Hall–Kier alpha value is -3.92. The first-order chi connectivity index (χ1) is 16.8. The number of nitrogens with zero attached hydrogens (tertiary/aromatic N) is 3. The maximum atomic E-state index is 13.1. The molecule has 35 heavy (non-hydrogen) atoms. The van der Waals surface area contributed by atoms with Crippen molar-refractivity contribution in [2.24, 2.45) is 0 Å². The van der Waals surface area contributed by atoms with Crippen LogP contribution in [0.5, 0.6) is 11.5 Å². The average molecular weight is 482 g/mol. The number of aliphatic hydroxyl groups excluding tert-OH is 1. The zero-order valence-corrected chi connectivity index (χ0v) is 19.6. The van der Waals surface area contributed by atoms with Crippen LogP contribution in [0.2, 0.25) is 0 Å². The van der Waals surface area contributed by atoms with Crippen molar-refractivity contribution in [2.45, 2.75) is 26.3 Å². The van der Waals surface area contributed by atoms with E-state index >= 15 is 0 Å².